The third-order valence-corrected chi connectivity index (χ3v) is 3.53. The van der Waals surface area contributed by atoms with Gasteiger partial charge < -0.3 is 5.11 Å². The third-order valence-electron chi connectivity index (χ3n) is 2.48. The van der Waals surface area contributed by atoms with Gasteiger partial charge >= 0.3 is 5.97 Å². The molecule has 4 heteroatoms. The second-order valence-corrected chi connectivity index (χ2v) is 4.77. The number of rotatable bonds is 3. The van der Waals surface area contributed by atoms with Gasteiger partial charge in [0.15, 0.2) is 6.29 Å². The summed E-state index contributed by atoms with van der Waals surface area (Å²) in [4.78, 5) is 23.1. The molecule has 0 unspecified atom stereocenters. The highest BCUT2D eigenvalue weighted by molar-refractivity contribution is 7.17. The van der Waals surface area contributed by atoms with Gasteiger partial charge in [-0.05, 0) is 42.3 Å². The van der Waals surface area contributed by atoms with Crippen LogP contribution in [0, 0.1) is 6.92 Å². The Bertz CT molecular complexity index is 584. The second kappa shape index (κ2) is 4.51. The summed E-state index contributed by atoms with van der Waals surface area (Å²) < 4.78 is 0. The minimum atomic E-state index is -0.931. The number of hydrogen-bond acceptors (Lipinski definition) is 3. The van der Waals surface area contributed by atoms with Gasteiger partial charge in [0.05, 0.1) is 10.4 Å². The van der Waals surface area contributed by atoms with E-state index in [0.717, 1.165) is 22.3 Å². The highest BCUT2D eigenvalue weighted by Crippen LogP contribution is 2.30. The second-order valence-electron chi connectivity index (χ2n) is 3.65. The average Bonchev–Trinajstić information content (AvgIpc) is 2.77. The Labute approximate surface area is 102 Å². The van der Waals surface area contributed by atoms with E-state index in [1.54, 1.807) is 24.3 Å². The van der Waals surface area contributed by atoms with Crippen molar-refractivity contribution in [2.45, 2.75) is 6.92 Å². The van der Waals surface area contributed by atoms with Crippen molar-refractivity contribution < 1.29 is 14.7 Å². The molecule has 2 aromatic rings. The molecular formula is C13H10O3S. The van der Waals surface area contributed by atoms with Crippen LogP contribution in [0.1, 0.15) is 25.6 Å². The lowest BCUT2D eigenvalue weighted by atomic mass is 10.0. The van der Waals surface area contributed by atoms with Gasteiger partial charge in [-0.2, -0.15) is 0 Å². The zero-order chi connectivity index (χ0) is 12.4. The number of aldehydes is 1. The summed E-state index contributed by atoms with van der Waals surface area (Å²) in [5, 5.41) is 8.87. The van der Waals surface area contributed by atoms with E-state index in [-0.39, 0.29) is 5.56 Å². The maximum atomic E-state index is 10.8. The van der Waals surface area contributed by atoms with Crippen LogP contribution in [-0.2, 0) is 0 Å². The largest absolute Gasteiger partial charge is 0.478 e. The van der Waals surface area contributed by atoms with Gasteiger partial charge in [-0.3, -0.25) is 4.79 Å². The van der Waals surface area contributed by atoms with E-state index >= 15 is 0 Å². The molecule has 0 radical (unpaired) electrons. The highest BCUT2D eigenvalue weighted by atomic mass is 32.1. The fraction of sp³-hybridized carbons (Fsp3) is 0.0769. The fourth-order valence-electron chi connectivity index (χ4n) is 1.63. The normalized spacial score (nSPS) is 10.2. The number of carboxylic acids is 1. The Kier molecular flexibility index (Phi) is 3.06. The van der Waals surface area contributed by atoms with Crippen LogP contribution in [0.2, 0.25) is 0 Å². The third kappa shape index (κ3) is 2.26. The first-order valence-corrected chi connectivity index (χ1v) is 5.83. The van der Waals surface area contributed by atoms with Crippen molar-refractivity contribution in [1.29, 1.82) is 0 Å². The Balaban J connectivity index is 2.46. The minimum absolute atomic E-state index is 0.276. The first-order valence-electron chi connectivity index (χ1n) is 5.01. The van der Waals surface area contributed by atoms with Crippen LogP contribution in [0.5, 0.6) is 0 Å². The van der Waals surface area contributed by atoms with E-state index in [9.17, 15) is 9.59 Å². The lowest BCUT2D eigenvalue weighted by molar-refractivity contribution is 0.0696. The number of aromatic carboxylic acids is 1. The van der Waals surface area contributed by atoms with Crippen molar-refractivity contribution in [1.82, 2.24) is 0 Å². The van der Waals surface area contributed by atoms with Crippen molar-refractivity contribution in [3.8, 4) is 10.4 Å². The Hall–Kier alpha value is -1.94. The van der Waals surface area contributed by atoms with Crippen LogP contribution in [0.3, 0.4) is 0 Å². The molecule has 2 rings (SSSR count). The predicted molar refractivity (Wildman–Crippen MR) is 66.8 cm³/mol. The van der Waals surface area contributed by atoms with Crippen molar-refractivity contribution in [2.24, 2.45) is 0 Å². The molecule has 0 saturated heterocycles. The first kappa shape index (κ1) is 11.5. The van der Waals surface area contributed by atoms with Crippen molar-refractivity contribution in [3.05, 3.63) is 46.3 Å². The first-order chi connectivity index (χ1) is 8.11. The minimum Gasteiger partial charge on any atom is -0.478 e. The highest BCUT2D eigenvalue weighted by Gasteiger charge is 2.08. The number of thiophene rings is 1. The van der Waals surface area contributed by atoms with E-state index < -0.39 is 5.97 Å². The topological polar surface area (TPSA) is 54.4 Å². The molecule has 0 aliphatic rings. The summed E-state index contributed by atoms with van der Waals surface area (Å²) in [6, 6.07) is 8.62. The zero-order valence-electron chi connectivity index (χ0n) is 9.14. The zero-order valence-corrected chi connectivity index (χ0v) is 9.95. The molecular weight excluding hydrogens is 236 g/mol. The molecule has 1 aromatic heterocycles. The average molecular weight is 246 g/mol. The molecule has 0 spiro atoms. The van der Waals surface area contributed by atoms with Gasteiger partial charge in [-0.25, -0.2) is 4.79 Å². The molecule has 0 atom stereocenters. The summed E-state index contributed by atoms with van der Waals surface area (Å²) in [5.41, 5.74) is 2.13. The lowest BCUT2D eigenvalue weighted by Gasteiger charge is -2.04. The molecule has 1 aromatic carbocycles. The van der Waals surface area contributed by atoms with Gasteiger partial charge in [0.2, 0.25) is 0 Å². The summed E-state index contributed by atoms with van der Waals surface area (Å²) in [6.07, 6.45) is 0.815. The van der Waals surface area contributed by atoms with Gasteiger partial charge in [0.25, 0.3) is 0 Å². The predicted octanol–water partition coefficient (Wildman–Crippen LogP) is 3.23. The van der Waals surface area contributed by atoms with E-state index in [4.69, 9.17) is 5.11 Å². The van der Waals surface area contributed by atoms with Gasteiger partial charge in [0.1, 0.15) is 0 Å². The van der Waals surface area contributed by atoms with Gasteiger partial charge in [0, 0.05) is 4.88 Å². The summed E-state index contributed by atoms with van der Waals surface area (Å²) in [7, 11) is 0. The molecule has 0 bridgehead atoms. The fourth-order valence-corrected chi connectivity index (χ4v) is 2.55. The molecule has 3 nitrogen and oxygen atoms in total. The van der Waals surface area contributed by atoms with Crippen molar-refractivity contribution in [2.75, 3.05) is 0 Å². The Morgan fingerprint density at radius 2 is 2.06 bits per heavy atom. The Morgan fingerprint density at radius 1 is 1.29 bits per heavy atom. The number of aryl methyl sites for hydroxylation is 1. The smallest absolute Gasteiger partial charge is 0.335 e. The number of carbonyl (C=O) groups excluding carboxylic acids is 1. The number of carboxylic acid groups (broad SMARTS) is 1. The number of hydrogen-bond donors (Lipinski definition) is 1. The van der Waals surface area contributed by atoms with E-state index in [1.807, 2.05) is 13.0 Å². The summed E-state index contributed by atoms with van der Waals surface area (Å²) >= 11 is 1.40. The standard InChI is InChI=1S/C13H10O3S/c1-8-6-9(13(15)16)2-4-11(8)12-5-3-10(7-14)17-12/h2-7H,1H3,(H,15,16). The maximum absolute atomic E-state index is 10.8. The molecule has 1 N–H and O–H groups in total. The molecule has 0 amide bonds. The van der Waals surface area contributed by atoms with E-state index in [0.29, 0.717) is 4.88 Å². The summed E-state index contributed by atoms with van der Waals surface area (Å²) in [5.74, 6) is -0.931. The molecule has 0 saturated carbocycles. The monoisotopic (exact) mass is 246 g/mol. The van der Waals surface area contributed by atoms with E-state index in [2.05, 4.69) is 0 Å². The molecule has 0 aliphatic carbocycles. The Morgan fingerprint density at radius 3 is 2.59 bits per heavy atom. The molecule has 86 valence electrons. The van der Waals surface area contributed by atoms with Crippen molar-refractivity contribution >= 4 is 23.6 Å². The van der Waals surface area contributed by atoms with Crippen LogP contribution in [0.15, 0.2) is 30.3 Å². The lowest BCUT2D eigenvalue weighted by Crippen LogP contribution is -1.96. The van der Waals surface area contributed by atoms with Gasteiger partial charge in [-0.1, -0.05) is 6.07 Å². The molecule has 0 fully saturated rings. The number of carbonyl (C=O) groups is 2. The van der Waals surface area contributed by atoms with Crippen LogP contribution in [-0.4, -0.2) is 17.4 Å². The van der Waals surface area contributed by atoms with E-state index in [1.165, 1.54) is 11.3 Å². The summed E-state index contributed by atoms with van der Waals surface area (Å²) in [6.45, 7) is 1.86. The van der Waals surface area contributed by atoms with Gasteiger partial charge in [-0.15, -0.1) is 11.3 Å². The molecule has 1 heterocycles. The number of benzene rings is 1. The SMILES string of the molecule is Cc1cc(C(=O)O)ccc1-c1ccc(C=O)s1. The van der Waals surface area contributed by atoms with Crippen LogP contribution >= 0.6 is 11.3 Å². The van der Waals surface area contributed by atoms with Crippen LogP contribution in [0.4, 0.5) is 0 Å². The molecule has 0 aliphatic heterocycles. The van der Waals surface area contributed by atoms with Crippen LogP contribution < -0.4 is 0 Å². The van der Waals surface area contributed by atoms with Crippen LogP contribution in [0.25, 0.3) is 10.4 Å². The maximum Gasteiger partial charge on any atom is 0.335 e. The molecule has 17 heavy (non-hydrogen) atoms. The van der Waals surface area contributed by atoms with Crippen molar-refractivity contribution in [3.63, 3.8) is 0 Å². The quantitative estimate of drug-likeness (QED) is 0.846.